The summed E-state index contributed by atoms with van der Waals surface area (Å²) in [6.07, 6.45) is 5.12. The number of hydrogen-bond donors (Lipinski definition) is 7. The van der Waals surface area contributed by atoms with E-state index in [0.29, 0.717) is 32.2 Å². The lowest BCUT2D eigenvalue weighted by Crippen LogP contribution is -2.58. The molecule has 11 heteroatoms. The fourth-order valence-corrected chi connectivity index (χ4v) is 4.71. The van der Waals surface area contributed by atoms with Gasteiger partial charge in [0.15, 0.2) is 0 Å². The van der Waals surface area contributed by atoms with Gasteiger partial charge in [0.1, 0.15) is 18.1 Å². The van der Waals surface area contributed by atoms with E-state index >= 15 is 0 Å². The number of carbonyl (C=O) groups excluding carboxylic acids is 3. The van der Waals surface area contributed by atoms with Crippen LogP contribution >= 0.6 is 0 Å². The maximum Gasteiger partial charge on any atom is 0.326 e. The quantitative estimate of drug-likeness (QED) is 0.177. The fourth-order valence-electron chi connectivity index (χ4n) is 4.71. The van der Waals surface area contributed by atoms with Gasteiger partial charge in [0.25, 0.3) is 0 Å². The van der Waals surface area contributed by atoms with Crippen LogP contribution in [-0.4, -0.2) is 71.0 Å². The fraction of sp³-hybridized carbons (Fsp3) is 0.556. The molecule has 1 saturated heterocycles. The number of aromatic amines is 1. The van der Waals surface area contributed by atoms with E-state index in [4.69, 9.17) is 5.73 Å². The van der Waals surface area contributed by atoms with Crippen molar-refractivity contribution >= 4 is 34.6 Å². The van der Waals surface area contributed by atoms with Crippen LogP contribution in [0, 0.1) is 5.92 Å². The second-order valence-electron chi connectivity index (χ2n) is 10.2. The van der Waals surface area contributed by atoms with Gasteiger partial charge in [-0.3, -0.25) is 14.4 Å². The standard InChI is InChI=1S/C27H40N6O5/c1-16(2)23(33-25(35)21(10-5-6-12-28)31-24(34)20-11-7-13-29-20)26(36)32-22(27(37)38)14-17-15-30-19-9-4-3-8-18(17)19/h3-4,8-9,15-16,20-23,29-30H,5-7,10-14,28H2,1-2H3,(H,31,34)(H,32,36)(H,33,35)(H,37,38). The number of aromatic nitrogens is 1. The van der Waals surface area contributed by atoms with Gasteiger partial charge in [-0.25, -0.2) is 4.79 Å². The number of carbonyl (C=O) groups is 4. The molecular formula is C27H40N6O5. The highest BCUT2D eigenvalue weighted by Crippen LogP contribution is 2.19. The molecule has 38 heavy (non-hydrogen) atoms. The molecule has 2 heterocycles. The summed E-state index contributed by atoms with van der Waals surface area (Å²) in [6, 6.07) is 4.19. The highest BCUT2D eigenvalue weighted by atomic mass is 16.4. The van der Waals surface area contributed by atoms with E-state index in [1.54, 1.807) is 20.0 Å². The number of amides is 3. The summed E-state index contributed by atoms with van der Waals surface area (Å²) in [5.74, 6) is -2.81. The van der Waals surface area contributed by atoms with Crippen molar-refractivity contribution in [1.82, 2.24) is 26.3 Å². The minimum atomic E-state index is -1.19. The molecule has 0 saturated carbocycles. The number of rotatable bonds is 14. The van der Waals surface area contributed by atoms with Crippen molar-refractivity contribution in [1.29, 1.82) is 0 Å². The van der Waals surface area contributed by atoms with E-state index in [0.717, 1.165) is 29.4 Å². The Kier molecular flexibility index (Phi) is 10.7. The predicted octanol–water partition coefficient (Wildman–Crippen LogP) is 0.786. The first-order valence-corrected chi connectivity index (χ1v) is 13.3. The molecule has 1 aromatic heterocycles. The van der Waals surface area contributed by atoms with Crippen LogP contribution in [0.4, 0.5) is 0 Å². The van der Waals surface area contributed by atoms with Crippen molar-refractivity contribution in [2.45, 2.75) is 76.5 Å². The third kappa shape index (κ3) is 7.78. The molecule has 4 unspecified atom stereocenters. The van der Waals surface area contributed by atoms with E-state index in [-0.39, 0.29) is 24.3 Å². The third-order valence-corrected chi connectivity index (χ3v) is 6.92. The topological polar surface area (TPSA) is 178 Å². The molecule has 1 aliphatic heterocycles. The van der Waals surface area contributed by atoms with Crippen LogP contribution in [0.15, 0.2) is 30.5 Å². The van der Waals surface area contributed by atoms with Crippen LogP contribution in [-0.2, 0) is 25.6 Å². The summed E-state index contributed by atoms with van der Waals surface area (Å²) in [5, 5.41) is 22.0. The average Bonchev–Trinajstić information content (AvgIpc) is 3.56. The molecular weight excluding hydrogens is 488 g/mol. The van der Waals surface area contributed by atoms with Crippen LogP contribution in [0.5, 0.6) is 0 Å². The van der Waals surface area contributed by atoms with Crippen molar-refractivity contribution in [3.8, 4) is 0 Å². The Hall–Kier alpha value is -3.44. The number of hydrogen-bond acceptors (Lipinski definition) is 6. The number of carboxylic acids is 1. The Morgan fingerprint density at radius 2 is 1.82 bits per heavy atom. The number of carboxylic acid groups (broad SMARTS) is 1. The number of aliphatic carboxylic acids is 1. The van der Waals surface area contributed by atoms with E-state index in [2.05, 4.69) is 26.3 Å². The second kappa shape index (κ2) is 13.9. The van der Waals surface area contributed by atoms with Crippen LogP contribution in [0.3, 0.4) is 0 Å². The molecule has 1 aliphatic rings. The molecule has 4 atom stereocenters. The van der Waals surface area contributed by atoms with Gasteiger partial charge < -0.3 is 37.1 Å². The number of fused-ring (bicyclic) bond motifs is 1. The monoisotopic (exact) mass is 528 g/mol. The zero-order valence-corrected chi connectivity index (χ0v) is 22.1. The maximum absolute atomic E-state index is 13.3. The predicted molar refractivity (Wildman–Crippen MR) is 144 cm³/mol. The normalized spacial score (nSPS) is 17.6. The smallest absolute Gasteiger partial charge is 0.326 e. The molecule has 3 rings (SSSR count). The van der Waals surface area contributed by atoms with E-state index in [1.807, 2.05) is 24.3 Å². The van der Waals surface area contributed by atoms with Gasteiger partial charge in [-0.2, -0.15) is 0 Å². The van der Waals surface area contributed by atoms with Crippen LogP contribution < -0.4 is 27.0 Å². The van der Waals surface area contributed by atoms with Gasteiger partial charge in [0.2, 0.25) is 17.7 Å². The van der Waals surface area contributed by atoms with Gasteiger partial charge in [-0.15, -0.1) is 0 Å². The molecule has 3 amide bonds. The number of unbranched alkanes of at least 4 members (excludes halogenated alkanes) is 1. The molecule has 208 valence electrons. The number of benzene rings is 1. The molecule has 0 aliphatic carbocycles. The van der Waals surface area contributed by atoms with Crippen molar-refractivity contribution in [2.24, 2.45) is 11.7 Å². The van der Waals surface area contributed by atoms with Crippen LogP contribution in [0.2, 0.25) is 0 Å². The van der Waals surface area contributed by atoms with Gasteiger partial charge in [-0.05, 0) is 62.7 Å². The minimum absolute atomic E-state index is 0.0794. The Morgan fingerprint density at radius 1 is 1.05 bits per heavy atom. The summed E-state index contributed by atoms with van der Waals surface area (Å²) in [7, 11) is 0. The summed E-state index contributed by atoms with van der Waals surface area (Å²) < 4.78 is 0. The van der Waals surface area contributed by atoms with Crippen molar-refractivity contribution in [3.05, 3.63) is 36.0 Å². The Balaban J connectivity index is 1.68. The zero-order valence-electron chi connectivity index (χ0n) is 22.1. The molecule has 0 bridgehead atoms. The minimum Gasteiger partial charge on any atom is -0.480 e. The lowest BCUT2D eigenvalue weighted by atomic mass is 10.00. The SMILES string of the molecule is CC(C)C(NC(=O)C(CCCCN)NC(=O)C1CCCN1)C(=O)NC(Cc1c[nH]c2ccccc12)C(=O)O. The Morgan fingerprint density at radius 3 is 2.47 bits per heavy atom. The lowest BCUT2D eigenvalue weighted by molar-refractivity contribution is -0.142. The van der Waals surface area contributed by atoms with E-state index < -0.39 is 35.9 Å². The van der Waals surface area contributed by atoms with E-state index in [1.165, 1.54) is 0 Å². The largest absolute Gasteiger partial charge is 0.480 e. The molecule has 2 aromatic rings. The van der Waals surface area contributed by atoms with Crippen molar-refractivity contribution in [3.63, 3.8) is 0 Å². The molecule has 1 fully saturated rings. The summed E-state index contributed by atoms with van der Waals surface area (Å²) >= 11 is 0. The number of nitrogens with two attached hydrogens (primary N) is 1. The Bertz CT molecular complexity index is 1110. The molecule has 0 spiro atoms. The van der Waals surface area contributed by atoms with Crippen molar-refractivity contribution in [2.75, 3.05) is 13.1 Å². The number of nitrogens with one attached hydrogen (secondary N) is 5. The van der Waals surface area contributed by atoms with E-state index in [9.17, 15) is 24.3 Å². The number of para-hydroxylation sites is 1. The number of H-pyrrole nitrogens is 1. The van der Waals surface area contributed by atoms with Crippen molar-refractivity contribution < 1.29 is 24.3 Å². The second-order valence-corrected chi connectivity index (χ2v) is 10.2. The molecule has 8 N–H and O–H groups in total. The zero-order chi connectivity index (χ0) is 27.7. The van der Waals surface area contributed by atoms with Crippen LogP contribution in [0.25, 0.3) is 10.9 Å². The van der Waals surface area contributed by atoms with Gasteiger partial charge in [0.05, 0.1) is 6.04 Å². The molecule has 11 nitrogen and oxygen atoms in total. The first-order valence-electron chi connectivity index (χ1n) is 13.3. The van der Waals surface area contributed by atoms with Crippen LogP contribution in [0.1, 0.15) is 51.5 Å². The van der Waals surface area contributed by atoms with Gasteiger partial charge in [0, 0.05) is 23.5 Å². The first kappa shape index (κ1) is 29.1. The maximum atomic E-state index is 13.3. The highest BCUT2D eigenvalue weighted by molar-refractivity contribution is 5.94. The molecule has 0 radical (unpaired) electrons. The third-order valence-electron chi connectivity index (χ3n) is 6.92. The summed E-state index contributed by atoms with van der Waals surface area (Å²) in [6.45, 7) is 4.76. The first-order chi connectivity index (χ1) is 18.2. The summed E-state index contributed by atoms with van der Waals surface area (Å²) in [5.41, 5.74) is 7.24. The molecule has 1 aromatic carbocycles. The van der Waals surface area contributed by atoms with Gasteiger partial charge >= 0.3 is 5.97 Å². The lowest BCUT2D eigenvalue weighted by Gasteiger charge is -2.27. The Labute approximate surface area is 222 Å². The summed E-state index contributed by atoms with van der Waals surface area (Å²) in [4.78, 5) is 54.3. The average molecular weight is 529 g/mol. The van der Waals surface area contributed by atoms with Gasteiger partial charge in [-0.1, -0.05) is 32.0 Å². The highest BCUT2D eigenvalue weighted by Gasteiger charge is 2.32.